The molecule has 0 aliphatic heterocycles. The third-order valence-corrected chi connectivity index (χ3v) is 1.41. The highest BCUT2D eigenvalue weighted by atomic mass is 16.5. The minimum atomic E-state index is 0.135. The van der Waals surface area contributed by atoms with E-state index in [2.05, 4.69) is 0 Å². The largest absolute Gasteiger partial charge is 0.366 e. The van der Waals surface area contributed by atoms with Gasteiger partial charge < -0.3 is 31.4 Å². The molecule has 6 N–H and O–H groups in total. The first-order valence-corrected chi connectivity index (χ1v) is 4.18. The van der Waals surface area contributed by atoms with E-state index in [4.69, 9.17) is 31.4 Å². The number of hydrogen-bond donors (Lipinski definition) is 3. The second kappa shape index (κ2) is 9.85. The van der Waals surface area contributed by atoms with E-state index in [9.17, 15) is 0 Å². The van der Waals surface area contributed by atoms with E-state index < -0.39 is 0 Å². The van der Waals surface area contributed by atoms with Crippen LogP contribution in [-0.4, -0.2) is 40.0 Å². The molecule has 0 aromatic carbocycles. The second-order valence-electron chi connectivity index (χ2n) is 2.48. The summed E-state index contributed by atoms with van der Waals surface area (Å²) in [7, 11) is 0. The summed E-state index contributed by atoms with van der Waals surface area (Å²) < 4.78 is 15.1. The van der Waals surface area contributed by atoms with Gasteiger partial charge in [-0.05, 0) is 0 Å². The van der Waals surface area contributed by atoms with E-state index in [1.807, 2.05) is 0 Å². The maximum Gasteiger partial charge on any atom is 0.0940 e. The molecular weight excluding hydrogens is 174 g/mol. The molecule has 6 heteroatoms. The van der Waals surface area contributed by atoms with Crippen molar-refractivity contribution < 1.29 is 14.2 Å². The SMILES string of the molecule is NCOCC(COCN)COCN. The van der Waals surface area contributed by atoms with Gasteiger partial charge in [0.05, 0.1) is 40.0 Å². The average Bonchev–Trinajstić information content (AvgIpc) is 2.17. The van der Waals surface area contributed by atoms with E-state index in [1.54, 1.807) is 0 Å². The van der Waals surface area contributed by atoms with Crippen LogP contribution in [0, 0.1) is 5.92 Å². The summed E-state index contributed by atoms with van der Waals surface area (Å²) in [6.07, 6.45) is 0. The van der Waals surface area contributed by atoms with E-state index >= 15 is 0 Å². The molecule has 6 nitrogen and oxygen atoms in total. The predicted octanol–water partition coefficient (Wildman–Crippen LogP) is -1.60. The van der Waals surface area contributed by atoms with Crippen molar-refractivity contribution in [1.82, 2.24) is 0 Å². The summed E-state index contributed by atoms with van der Waals surface area (Å²) >= 11 is 0. The van der Waals surface area contributed by atoms with Crippen LogP contribution in [0.5, 0.6) is 0 Å². The summed E-state index contributed by atoms with van der Waals surface area (Å²) in [6.45, 7) is 2.08. The van der Waals surface area contributed by atoms with Gasteiger partial charge in [-0.3, -0.25) is 0 Å². The fraction of sp³-hybridized carbons (Fsp3) is 1.00. The third-order valence-electron chi connectivity index (χ3n) is 1.41. The van der Waals surface area contributed by atoms with Crippen LogP contribution in [0.1, 0.15) is 0 Å². The predicted molar refractivity (Wildman–Crippen MR) is 48.5 cm³/mol. The van der Waals surface area contributed by atoms with E-state index in [0.717, 1.165) is 0 Å². The van der Waals surface area contributed by atoms with Crippen LogP contribution < -0.4 is 17.2 Å². The number of rotatable bonds is 9. The molecule has 0 aromatic heterocycles. The van der Waals surface area contributed by atoms with Gasteiger partial charge in [0, 0.05) is 5.92 Å². The smallest absolute Gasteiger partial charge is 0.0940 e. The first-order valence-electron chi connectivity index (χ1n) is 4.18. The number of ether oxygens (including phenoxy) is 3. The highest BCUT2D eigenvalue weighted by Gasteiger charge is 2.08. The van der Waals surface area contributed by atoms with Crippen LogP contribution in [0.2, 0.25) is 0 Å². The summed E-state index contributed by atoms with van der Waals surface area (Å²) in [4.78, 5) is 0. The normalized spacial score (nSPS) is 11.1. The molecule has 0 heterocycles. The average molecular weight is 193 g/mol. The lowest BCUT2D eigenvalue weighted by Gasteiger charge is -2.15. The van der Waals surface area contributed by atoms with Gasteiger partial charge in [0.1, 0.15) is 0 Å². The Labute approximate surface area is 78.3 Å². The van der Waals surface area contributed by atoms with E-state index in [0.29, 0.717) is 19.8 Å². The van der Waals surface area contributed by atoms with Crippen molar-refractivity contribution in [2.45, 2.75) is 0 Å². The first kappa shape index (κ1) is 12.8. The quantitative estimate of drug-likeness (QED) is 0.381. The number of nitrogens with two attached hydrogens (primary N) is 3. The summed E-state index contributed by atoms with van der Waals surface area (Å²) in [5, 5.41) is 0. The zero-order valence-electron chi connectivity index (χ0n) is 7.78. The van der Waals surface area contributed by atoms with Gasteiger partial charge in [-0.1, -0.05) is 0 Å². The van der Waals surface area contributed by atoms with Crippen LogP contribution in [-0.2, 0) is 14.2 Å². The Bertz CT molecular complexity index is 86.0. The van der Waals surface area contributed by atoms with Crippen LogP contribution in [0.4, 0.5) is 0 Å². The minimum Gasteiger partial charge on any atom is -0.366 e. The number of hydrogen-bond acceptors (Lipinski definition) is 6. The van der Waals surface area contributed by atoms with Crippen molar-refractivity contribution in [3.63, 3.8) is 0 Å². The Balaban J connectivity index is 3.47. The van der Waals surface area contributed by atoms with Crippen LogP contribution >= 0.6 is 0 Å². The Kier molecular flexibility index (Phi) is 9.66. The molecule has 13 heavy (non-hydrogen) atoms. The summed E-state index contributed by atoms with van der Waals surface area (Å²) in [5.41, 5.74) is 15.5. The Hall–Kier alpha value is -0.240. The summed E-state index contributed by atoms with van der Waals surface area (Å²) in [6, 6.07) is 0. The maximum atomic E-state index is 5.18. The van der Waals surface area contributed by atoms with Crippen molar-refractivity contribution in [3.8, 4) is 0 Å². The molecule has 0 rings (SSSR count). The molecule has 0 aliphatic carbocycles. The highest BCUT2D eigenvalue weighted by molar-refractivity contribution is 4.55. The lowest BCUT2D eigenvalue weighted by molar-refractivity contribution is -0.00197. The maximum absolute atomic E-state index is 5.18. The third kappa shape index (κ3) is 8.10. The molecule has 0 fully saturated rings. The molecule has 0 unspecified atom stereocenters. The Morgan fingerprint density at radius 2 is 1.00 bits per heavy atom. The Morgan fingerprint density at radius 1 is 0.692 bits per heavy atom. The topological polar surface area (TPSA) is 106 Å². The van der Waals surface area contributed by atoms with Crippen LogP contribution in [0.3, 0.4) is 0 Å². The van der Waals surface area contributed by atoms with Crippen LogP contribution in [0.15, 0.2) is 0 Å². The van der Waals surface area contributed by atoms with E-state index in [1.165, 1.54) is 0 Å². The fourth-order valence-corrected chi connectivity index (χ4v) is 0.848. The lowest BCUT2D eigenvalue weighted by Crippen LogP contribution is -2.25. The fourth-order valence-electron chi connectivity index (χ4n) is 0.848. The molecule has 0 aromatic rings. The Morgan fingerprint density at radius 3 is 1.23 bits per heavy atom. The van der Waals surface area contributed by atoms with Crippen LogP contribution in [0.25, 0.3) is 0 Å². The van der Waals surface area contributed by atoms with Crippen molar-refractivity contribution in [2.75, 3.05) is 40.0 Å². The molecular formula is C7H19N3O3. The molecule has 0 atom stereocenters. The van der Waals surface area contributed by atoms with Gasteiger partial charge in [-0.25, -0.2) is 0 Å². The zero-order valence-corrected chi connectivity index (χ0v) is 7.78. The second-order valence-corrected chi connectivity index (χ2v) is 2.48. The molecule has 0 radical (unpaired) electrons. The highest BCUT2D eigenvalue weighted by Crippen LogP contribution is 1.98. The first-order chi connectivity index (χ1) is 6.35. The molecule has 0 saturated carbocycles. The molecule has 0 amide bonds. The van der Waals surface area contributed by atoms with Gasteiger partial charge >= 0.3 is 0 Å². The van der Waals surface area contributed by atoms with Crippen molar-refractivity contribution in [1.29, 1.82) is 0 Å². The molecule has 80 valence electrons. The van der Waals surface area contributed by atoms with Crippen molar-refractivity contribution >= 4 is 0 Å². The molecule has 0 aliphatic rings. The van der Waals surface area contributed by atoms with Gasteiger partial charge in [0.2, 0.25) is 0 Å². The van der Waals surface area contributed by atoms with Crippen molar-refractivity contribution in [2.24, 2.45) is 23.1 Å². The zero-order chi connectivity index (χ0) is 9.94. The molecule has 0 bridgehead atoms. The van der Waals surface area contributed by atoms with Gasteiger partial charge in [0.15, 0.2) is 0 Å². The van der Waals surface area contributed by atoms with Crippen molar-refractivity contribution in [3.05, 3.63) is 0 Å². The monoisotopic (exact) mass is 193 g/mol. The lowest BCUT2D eigenvalue weighted by atomic mass is 10.2. The molecule has 0 spiro atoms. The van der Waals surface area contributed by atoms with Gasteiger partial charge in [0.25, 0.3) is 0 Å². The standard InChI is InChI=1S/C7H19N3O3/c8-4-11-1-7(2-12-5-9)3-13-6-10/h7H,1-6,8-10H2. The minimum absolute atomic E-state index is 0.135. The van der Waals surface area contributed by atoms with Gasteiger partial charge in [-0.2, -0.15) is 0 Å². The molecule has 0 saturated heterocycles. The van der Waals surface area contributed by atoms with E-state index in [-0.39, 0.29) is 26.1 Å². The summed E-state index contributed by atoms with van der Waals surface area (Å²) in [5.74, 6) is 0.135. The van der Waals surface area contributed by atoms with Gasteiger partial charge in [-0.15, -0.1) is 0 Å².